The molecule has 0 saturated heterocycles. The maximum Gasteiger partial charge on any atom is 0.492 e. The minimum atomic E-state index is -1.13. The second-order valence-corrected chi connectivity index (χ2v) is 11.3. The number of hydrogen-bond acceptors (Lipinski definition) is 14. The Morgan fingerprint density at radius 2 is 1.29 bits per heavy atom. The van der Waals surface area contributed by atoms with Gasteiger partial charge in [0.1, 0.15) is 11.5 Å². The van der Waals surface area contributed by atoms with Crippen molar-refractivity contribution in [3.63, 3.8) is 0 Å². The summed E-state index contributed by atoms with van der Waals surface area (Å²) in [5, 5.41) is 35.7. The third-order valence-electron chi connectivity index (χ3n) is 7.46. The van der Waals surface area contributed by atoms with Gasteiger partial charge in [0.05, 0.1) is 38.3 Å². The smallest absolute Gasteiger partial charge is 0.466 e. The highest BCUT2D eigenvalue weighted by Gasteiger charge is 2.39. The van der Waals surface area contributed by atoms with Gasteiger partial charge in [-0.2, -0.15) is 5.10 Å². The van der Waals surface area contributed by atoms with Crippen LogP contribution in [0.3, 0.4) is 0 Å². The molecule has 14 nitrogen and oxygen atoms in total. The van der Waals surface area contributed by atoms with Crippen LogP contribution in [-0.2, 0) is 28.4 Å². The molecule has 2 aromatic carbocycles. The van der Waals surface area contributed by atoms with Crippen molar-refractivity contribution in [2.24, 2.45) is 0 Å². The number of fused-ring (bicyclic) bond motifs is 2. The number of aryl methyl sites for hydroxylation is 2. The van der Waals surface area contributed by atoms with Crippen molar-refractivity contribution >= 4 is 48.7 Å². The first-order valence-corrected chi connectivity index (χ1v) is 15.8. The summed E-state index contributed by atoms with van der Waals surface area (Å²) in [7, 11) is -2.24. The molecule has 254 valence electrons. The van der Waals surface area contributed by atoms with Crippen molar-refractivity contribution in [2.75, 3.05) is 13.2 Å². The number of esters is 2. The number of rotatable bonds is 10. The topological polar surface area (TPSA) is 182 Å². The molecule has 0 aliphatic carbocycles. The number of carbonyl (C=O) groups is 2. The maximum atomic E-state index is 11.7. The number of nitrogens with zero attached hydrogens (tertiary/aromatic N) is 4. The molecule has 0 radical (unpaired) electrons. The molecular weight excluding hydrogens is 657 g/mol. The predicted molar refractivity (Wildman–Crippen MR) is 177 cm³/mol. The number of halogens is 1. The first-order chi connectivity index (χ1) is 23.6. The van der Waals surface area contributed by atoms with Gasteiger partial charge >= 0.3 is 26.2 Å². The molecule has 2 aliphatic rings. The summed E-state index contributed by atoms with van der Waals surface area (Å²) in [6.45, 7) is 7.84. The Balaban J connectivity index is 0.000000191. The normalized spacial score (nSPS) is 15.9. The van der Waals surface area contributed by atoms with Crippen LogP contribution in [0, 0.1) is 13.8 Å². The van der Waals surface area contributed by atoms with Crippen LogP contribution < -0.4 is 20.4 Å². The fourth-order valence-corrected chi connectivity index (χ4v) is 5.67. The molecule has 0 amide bonds. The standard InChI is InChI=1S/C16H16BClN2O5.C16H17BN2O5/c1-3-23-15(21)8-12-16-9(2)6-10(7-11(16)17(22)25-12)24-14-5-4-13(18)19-20-14;1-3-22-15(20)9-13-16-10(2)7-11(8-12(16)17(21)24-13)23-14-5-4-6-18-19-14/h4-7,12,22H,3,8H2,1-2H3;4-8,13,21H,3,9H2,1-2H3. The Hall–Kier alpha value is -4.60. The van der Waals surface area contributed by atoms with Crippen LogP contribution >= 0.6 is 11.6 Å². The van der Waals surface area contributed by atoms with Crippen molar-refractivity contribution < 1.29 is 47.9 Å². The minimum absolute atomic E-state index is 0.0433. The van der Waals surface area contributed by atoms with Crippen LogP contribution in [0.2, 0.25) is 5.15 Å². The Kier molecular flexibility index (Phi) is 11.8. The molecule has 2 unspecified atom stereocenters. The molecule has 0 bridgehead atoms. The first kappa shape index (κ1) is 35.7. The molecule has 17 heteroatoms. The molecule has 2 aromatic heterocycles. The van der Waals surface area contributed by atoms with Crippen molar-refractivity contribution in [3.05, 3.63) is 82.1 Å². The summed E-state index contributed by atoms with van der Waals surface area (Å²) >= 11 is 5.70. The van der Waals surface area contributed by atoms with E-state index in [-0.39, 0.29) is 35.8 Å². The second kappa shape index (κ2) is 16.2. The van der Waals surface area contributed by atoms with Gasteiger partial charge in [-0.15, -0.1) is 15.3 Å². The van der Waals surface area contributed by atoms with Crippen molar-refractivity contribution in [2.45, 2.75) is 52.7 Å². The highest BCUT2D eigenvalue weighted by atomic mass is 35.5. The van der Waals surface area contributed by atoms with E-state index in [0.29, 0.717) is 41.5 Å². The van der Waals surface area contributed by atoms with Crippen LogP contribution in [-0.4, -0.2) is 69.8 Å². The Bertz CT molecular complexity index is 1790. The molecule has 0 fully saturated rings. The van der Waals surface area contributed by atoms with E-state index in [9.17, 15) is 19.6 Å². The molecule has 4 aromatic rings. The molecule has 0 spiro atoms. The van der Waals surface area contributed by atoms with E-state index in [4.69, 9.17) is 39.9 Å². The predicted octanol–water partition coefficient (Wildman–Crippen LogP) is 3.23. The molecule has 0 saturated carbocycles. The highest BCUT2D eigenvalue weighted by molar-refractivity contribution is 6.62. The molecule has 2 N–H and O–H groups in total. The van der Waals surface area contributed by atoms with Crippen LogP contribution in [0.25, 0.3) is 0 Å². The van der Waals surface area contributed by atoms with Gasteiger partial charge in [0, 0.05) is 18.3 Å². The fourth-order valence-electron chi connectivity index (χ4n) is 5.57. The number of hydrogen-bond donors (Lipinski definition) is 2. The highest BCUT2D eigenvalue weighted by Crippen LogP contribution is 2.34. The van der Waals surface area contributed by atoms with Gasteiger partial charge < -0.3 is 38.3 Å². The quantitative estimate of drug-likeness (QED) is 0.183. The van der Waals surface area contributed by atoms with Gasteiger partial charge in [0.15, 0.2) is 5.15 Å². The zero-order valence-corrected chi connectivity index (χ0v) is 27.9. The number of aromatic nitrogens is 4. The van der Waals surface area contributed by atoms with E-state index in [2.05, 4.69) is 20.4 Å². The van der Waals surface area contributed by atoms with E-state index < -0.39 is 26.4 Å². The summed E-state index contributed by atoms with van der Waals surface area (Å²) < 4.78 is 32.2. The number of ether oxygens (including phenoxy) is 4. The SMILES string of the molecule is CCOC(=O)CC1OB(O)c2cc(Oc3ccc(Cl)nn3)cc(C)c21.CCOC(=O)CC1OB(O)c2cc(Oc3cccnn3)cc(C)c21. The minimum Gasteiger partial charge on any atom is -0.466 e. The van der Waals surface area contributed by atoms with E-state index in [1.54, 1.807) is 62.5 Å². The molecule has 6 rings (SSSR count). The van der Waals surface area contributed by atoms with E-state index in [1.807, 2.05) is 19.9 Å². The van der Waals surface area contributed by atoms with Crippen LogP contribution in [0.4, 0.5) is 0 Å². The summed E-state index contributed by atoms with van der Waals surface area (Å²) in [6, 6.07) is 13.5. The van der Waals surface area contributed by atoms with Gasteiger partial charge in [0.25, 0.3) is 0 Å². The van der Waals surface area contributed by atoms with Crippen molar-refractivity contribution in [1.82, 2.24) is 20.4 Å². The van der Waals surface area contributed by atoms with E-state index in [0.717, 1.165) is 22.3 Å². The van der Waals surface area contributed by atoms with E-state index in [1.165, 1.54) is 0 Å². The van der Waals surface area contributed by atoms with Gasteiger partial charge in [-0.3, -0.25) is 9.59 Å². The number of benzene rings is 2. The van der Waals surface area contributed by atoms with Crippen molar-refractivity contribution in [1.29, 1.82) is 0 Å². The third-order valence-corrected chi connectivity index (χ3v) is 7.66. The lowest BCUT2D eigenvalue weighted by molar-refractivity contribution is -0.146. The van der Waals surface area contributed by atoms with Gasteiger partial charge in [0.2, 0.25) is 11.8 Å². The van der Waals surface area contributed by atoms with Crippen LogP contribution in [0.15, 0.2) is 54.7 Å². The summed E-state index contributed by atoms with van der Waals surface area (Å²) in [6.07, 6.45) is 0.580. The zero-order chi connectivity index (χ0) is 35.1. The zero-order valence-electron chi connectivity index (χ0n) is 27.2. The number of carbonyl (C=O) groups excluding carboxylic acids is 2. The third kappa shape index (κ3) is 8.90. The summed E-state index contributed by atoms with van der Waals surface area (Å²) in [4.78, 5) is 23.4. The molecule has 2 aliphatic heterocycles. The summed E-state index contributed by atoms with van der Waals surface area (Å²) in [5.74, 6) is 0.901. The van der Waals surface area contributed by atoms with Crippen molar-refractivity contribution in [3.8, 4) is 23.3 Å². The molecule has 2 atom stereocenters. The maximum absolute atomic E-state index is 11.7. The van der Waals surface area contributed by atoms with Crippen LogP contribution in [0.1, 0.15) is 61.2 Å². The van der Waals surface area contributed by atoms with Gasteiger partial charge in [-0.1, -0.05) is 11.6 Å². The first-order valence-electron chi connectivity index (χ1n) is 15.5. The lowest BCUT2D eigenvalue weighted by atomic mass is 9.77. The Morgan fingerprint density at radius 1 is 0.776 bits per heavy atom. The summed E-state index contributed by atoms with van der Waals surface area (Å²) in [5.41, 5.74) is 4.41. The van der Waals surface area contributed by atoms with Crippen LogP contribution in [0.5, 0.6) is 23.3 Å². The molecule has 4 heterocycles. The van der Waals surface area contributed by atoms with Gasteiger partial charge in [-0.25, -0.2) is 0 Å². The monoisotopic (exact) mass is 690 g/mol. The largest absolute Gasteiger partial charge is 0.492 e. The second-order valence-electron chi connectivity index (χ2n) is 10.9. The average molecular weight is 691 g/mol. The van der Waals surface area contributed by atoms with E-state index >= 15 is 0 Å². The lowest BCUT2D eigenvalue weighted by Gasteiger charge is -2.14. The molecule has 49 heavy (non-hydrogen) atoms. The average Bonchev–Trinajstić information content (AvgIpc) is 3.54. The Morgan fingerprint density at radius 3 is 1.71 bits per heavy atom. The fraction of sp³-hybridized carbons (Fsp3) is 0.312. The molecular formula is C32H33B2ClN4O10. The van der Waals surface area contributed by atoms with Gasteiger partial charge in [-0.05, 0) is 97.3 Å². The Labute approximate surface area is 287 Å². The lowest BCUT2D eigenvalue weighted by Crippen LogP contribution is -2.28.